The van der Waals surface area contributed by atoms with Crippen molar-refractivity contribution in [3.05, 3.63) is 41.9 Å². The molecule has 0 radical (unpaired) electrons. The van der Waals surface area contributed by atoms with E-state index in [1.165, 1.54) is 19.3 Å². The van der Waals surface area contributed by atoms with E-state index in [-0.39, 0.29) is 23.7 Å². The van der Waals surface area contributed by atoms with Gasteiger partial charge < -0.3 is 9.73 Å². The lowest BCUT2D eigenvalue weighted by atomic mass is 10.2. The first-order valence-corrected chi connectivity index (χ1v) is 5.71. The van der Waals surface area contributed by atoms with E-state index in [4.69, 9.17) is 4.42 Å². The first-order valence-electron chi connectivity index (χ1n) is 5.71. The van der Waals surface area contributed by atoms with E-state index in [0.29, 0.717) is 12.3 Å². The van der Waals surface area contributed by atoms with Crippen LogP contribution in [0.25, 0.3) is 11.3 Å². The molecule has 1 aromatic heterocycles. The minimum absolute atomic E-state index is 0.132. The van der Waals surface area contributed by atoms with Gasteiger partial charge in [-0.15, -0.1) is 0 Å². The number of carbonyl (C=O) groups excluding carboxylic acids is 1. The number of rotatable bonds is 4. The molecular weight excluding hydrogens is 254 g/mol. The van der Waals surface area contributed by atoms with Crippen LogP contribution in [0.3, 0.4) is 0 Å². The van der Waals surface area contributed by atoms with Crippen molar-refractivity contribution >= 4 is 5.91 Å². The summed E-state index contributed by atoms with van der Waals surface area (Å²) in [6.45, 7) is 0. The van der Waals surface area contributed by atoms with Crippen LogP contribution in [0.2, 0.25) is 0 Å². The van der Waals surface area contributed by atoms with Crippen molar-refractivity contribution < 1.29 is 18.0 Å². The minimum Gasteiger partial charge on any atom is -0.441 e. The number of carbonyl (C=O) groups is 1. The van der Waals surface area contributed by atoms with E-state index in [1.807, 2.05) is 0 Å². The molecule has 4 nitrogen and oxygen atoms in total. The van der Waals surface area contributed by atoms with Crippen molar-refractivity contribution in [2.45, 2.75) is 12.8 Å². The van der Waals surface area contributed by atoms with E-state index < -0.39 is 11.6 Å². The molecule has 0 spiro atoms. The van der Waals surface area contributed by atoms with E-state index in [0.717, 1.165) is 12.1 Å². The fraction of sp³-hybridized carbons (Fsp3) is 0.231. The number of aromatic nitrogens is 1. The zero-order valence-corrected chi connectivity index (χ0v) is 10.2. The molecule has 0 fully saturated rings. The van der Waals surface area contributed by atoms with Crippen molar-refractivity contribution in [1.29, 1.82) is 0 Å². The standard InChI is InChI=1S/C13H12F2N2O2/c1-16-12(18)4-5-13-17-7-11(19-13)9-3-2-8(14)6-10(9)15/h2-3,6-7H,4-5H2,1H3,(H,16,18). The smallest absolute Gasteiger partial charge is 0.220 e. The highest BCUT2D eigenvalue weighted by molar-refractivity contribution is 5.75. The number of hydrogen-bond acceptors (Lipinski definition) is 3. The normalized spacial score (nSPS) is 10.5. The van der Waals surface area contributed by atoms with Crippen LogP contribution in [0.4, 0.5) is 8.78 Å². The van der Waals surface area contributed by atoms with Crippen molar-refractivity contribution in [3.8, 4) is 11.3 Å². The van der Waals surface area contributed by atoms with E-state index in [9.17, 15) is 13.6 Å². The predicted octanol–water partition coefficient (Wildman–Crippen LogP) is 2.30. The quantitative estimate of drug-likeness (QED) is 0.923. The van der Waals surface area contributed by atoms with Crippen LogP contribution in [0.15, 0.2) is 28.8 Å². The van der Waals surface area contributed by atoms with Gasteiger partial charge in [-0.3, -0.25) is 4.79 Å². The molecule has 1 heterocycles. The molecule has 0 aliphatic carbocycles. The number of amides is 1. The van der Waals surface area contributed by atoms with Crippen molar-refractivity contribution in [1.82, 2.24) is 10.3 Å². The van der Waals surface area contributed by atoms with Crippen molar-refractivity contribution in [3.63, 3.8) is 0 Å². The van der Waals surface area contributed by atoms with Crippen molar-refractivity contribution in [2.24, 2.45) is 0 Å². The molecule has 6 heteroatoms. The summed E-state index contributed by atoms with van der Waals surface area (Å²) in [6, 6.07) is 3.21. The summed E-state index contributed by atoms with van der Waals surface area (Å²) >= 11 is 0. The van der Waals surface area contributed by atoms with Gasteiger partial charge in [-0.05, 0) is 12.1 Å². The van der Waals surface area contributed by atoms with Gasteiger partial charge in [0.25, 0.3) is 0 Å². The maximum Gasteiger partial charge on any atom is 0.220 e. The molecule has 100 valence electrons. The molecule has 2 rings (SSSR count). The largest absolute Gasteiger partial charge is 0.441 e. The van der Waals surface area contributed by atoms with Gasteiger partial charge in [0.15, 0.2) is 11.7 Å². The highest BCUT2D eigenvalue weighted by Gasteiger charge is 2.12. The third-order valence-corrected chi connectivity index (χ3v) is 2.59. The Morgan fingerprint density at radius 3 is 2.89 bits per heavy atom. The highest BCUT2D eigenvalue weighted by Crippen LogP contribution is 2.24. The lowest BCUT2D eigenvalue weighted by molar-refractivity contribution is -0.120. The lowest BCUT2D eigenvalue weighted by Gasteiger charge is -1.99. The number of oxazole rings is 1. The maximum absolute atomic E-state index is 13.5. The summed E-state index contributed by atoms with van der Waals surface area (Å²) in [7, 11) is 1.54. The van der Waals surface area contributed by atoms with Gasteiger partial charge in [-0.2, -0.15) is 0 Å². The Morgan fingerprint density at radius 1 is 1.42 bits per heavy atom. The Kier molecular flexibility index (Phi) is 3.89. The molecule has 0 aliphatic rings. The zero-order valence-electron chi connectivity index (χ0n) is 10.2. The van der Waals surface area contributed by atoms with Crippen LogP contribution in [0, 0.1) is 11.6 Å². The van der Waals surface area contributed by atoms with Crippen LogP contribution in [0.5, 0.6) is 0 Å². The molecule has 1 N–H and O–H groups in total. The Bertz CT molecular complexity index is 596. The average molecular weight is 266 g/mol. The summed E-state index contributed by atoms with van der Waals surface area (Å²) in [6.07, 6.45) is 1.92. The van der Waals surface area contributed by atoms with Gasteiger partial charge in [0.1, 0.15) is 11.6 Å². The monoisotopic (exact) mass is 266 g/mol. The van der Waals surface area contributed by atoms with Crippen LogP contribution in [-0.4, -0.2) is 17.9 Å². The fourth-order valence-corrected chi connectivity index (χ4v) is 1.59. The molecule has 0 bridgehead atoms. The number of aryl methyl sites for hydroxylation is 1. The van der Waals surface area contributed by atoms with Crippen LogP contribution in [0.1, 0.15) is 12.3 Å². The van der Waals surface area contributed by atoms with E-state index >= 15 is 0 Å². The SMILES string of the molecule is CNC(=O)CCc1ncc(-c2ccc(F)cc2F)o1. The molecule has 2 aromatic rings. The molecule has 1 aromatic carbocycles. The second-order valence-electron chi connectivity index (χ2n) is 3.92. The highest BCUT2D eigenvalue weighted by atomic mass is 19.1. The van der Waals surface area contributed by atoms with Gasteiger partial charge in [0.05, 0.1) is 11.8 Å². The van der Waals surface area contributed by atoms with Crippen molar-refractivity contribution in [2.75, 3.05) is 7.05 Å². The third-order valence-electron chi connectivity index (χ3n) is 2.59. The summed E-state index contributed by atoms with van der Waals surface area (Å²) in [5.41, 5.74) is 0.139. The van der Waals surface area contributed by atoms with Crippen LogP contribution >= 0.6 is 0 Å². The minimum atomic E-state index is -0.714. The molecule has 0 saturated carbocycles. The first-order chi connectivity index (χ1) is 9.10. The topological polar surface area (TPSA) is 55.1 Å². The van der Waals surface area contributed by atoms with E-state index in [1.54, 1.807) is 0 Å². The van der Waals surface area contributed by atoms with Gasteiger partial charge in [0, 0.05) is 26.0 Å². The number of halogens is 2. The molecule has 0 aliphatic heterocycles. The maximum atomic E-state index is 13.5. The molecule has 0 atom stereocenters. The number of nitrogens with zero attached hydrogens (tertiary/aromatic N) is 1. The van der Waals surface area contributed by atoms with Gasteiger partial charge in [0.2, 0.25) is 5.91 Å². The molecule has 1 amide bonds. The molecule has 0 unspecified atom stereocenters. The number of hydrogen-bond donors (Lipinski definition) is 1. The van der Waals surface area contributed by atoms with Gasteiger partial charge >= 0.3 is 0 Å². The second-order valence-corrected chi connectivity index (χ2v) is 3.92. The Labute approximate surface area is 108 Å². The first kappa shape index (κ1) is 13.2. The number of nitrogens with one attached hydrogen (secondary N) is 1. The molecule has 19 heavy (non-hydrogen) atoms. The molecular formula is C13H12F2N2O2. The Balaban J connectivity index is 2.14. The number of benzene rings is 1. The van der Waals surface area contributed by atoms with Crippen LogP contribution < -0.4 is 5.32 Å². The van der Waals surface area contributed by atoms with Gasteiger partial charge in [-0.25, -0.2) is 13.8 Å². The average Bonchev–Trinajstić information content (AvgIpc) is 2.84. The second kappa shape index (κ2) is 5.60. The Hall–Kier alpha value is -2.24. The van der Waals surface area contributed by atoms with Crippen LogP contribution in [-0.2, 0) is 11.2 Å². The molecule has 0 saturated heterocycles. The lowest BCUT2D eigenvalue weighted by Crippen LogP contribution is -2.17. The van der Waals surface area contributed by atoms with Gasteiger partial charge in [-0.1, -0.05) is 0 Å². The summed E-state index contributed by atoms with van der Waals surface area (Å²) in [4.78, 5) is 15.0. The summed E-state index contributed by atoms with van der Waals surface area (Å²) in [5.74, 6) is -0.950. The summed E-state index contributed by atoms with van der Waals surface area (Å²) < 4.78 is 31.6. The zero-order chi connectivity index (χ0) is 13.8. The summed E-state index contributed by atoms with van der Waals surface area (Å²) in [5, 5.41) is 2.48. The van der Waals surface area contributed by atoms with E-state index in [2.05, 4.69) is 10.3 Å². The third kappa shape index (κ3) is 3.15. The Morgan fingerprint density at radius 2 is 2.21 bits per heavy atom. The predicted molar refractivity (Wildman–Crippen MR) is 64.2 cm³/mol. The fourth-order valence-electron chi connectivity index (χ4n) is 1.59.